The Morgan fingerprint density at radius 2 is 0.947 bits per heavy atom. The molecule has 0 amide bonds. The van der Waals surface area contributed by atoms with Gasteiger partial charge < -0.3 is 13.6 Å². The topological polar surface area (TPSA) is 61.7 Å². The summed E-state index contributed by atoms with van der Waals surface area (Å²) in [7, 11) is 0. The van der Waals surface area contributed by atoms with Crippen LogP contribution in [0.3, 0.4) is 0 Å². The molecule has 0 saturated carbocycles. The van der Waals surface area contributed by atoms with E-state index < -0.39 is 18.1 Å². The van der Waals surface area contributed by atoms with Gasteiger partial charge in [0.25, 0.3) is 0 Å². The maximum atomic E-state index is 8.66. The summed E-state index contributed by atoms with van der Waals surface area (Å²) in [6.07, 6.45) is 0. The molecule has 12 aromatic rings. The molecule has 12 rings (SSSR count). The number of rotatable bonds is 5. The van der Waals surface area contributed by atoms with Crippen molar-refractivity contribution in [2.45, 2.75) is 0 Å². The van der Waals surface area contributed by atoms with Crippen LogP contribution in [0.15, 0.2) is 192 Å². The van der Waals surface area contributed by atoms with E-state index in [9.17, 15) is 0 Å². The first-order chi connectivity index (χ1) is 30.3. The van der Waals surface area contributed by atoms with Gasteiger partial charge in [0.2, 0.25) is 0 Å². The number of furan rings is 1. The highest BCUT2D eigenvalue weighted by Gasteiger charge is 2.20. The lowest BCUT2D eigenvalue weighted by atomic mass is 10.1. The first-order valence-electron chi connectivity index (χ1n) is 21.2. The summed E-state index contributed by atoms with van der Waals surface area (Å²) in [5.74, 6) is 0.557. The molecule has 0 atom stereocenters. The molecule has 266 valence electrons. The Kier molecular flexibility index (Phi) is 5.82. The first kappa shape index (κ1) is 26.9. The lowest BCUT2D eigenvalue weighted by Gasteiger charge is -2.09. The van der Waals surface area contributed by atoms with Crippen LogP contribution in [0.2, 0.25) is 0 Å². The van der Waals surface area contributed by atoms with Crippen molar-refractivity contribution in [3.05, 3.63) is 188 Å². The zero-order chi connectivity index (χ0) is 41.8. The normalized spacial score (nSPS) is 13.1. The molecule has 0 saturated heterocycles. The van der Waals surface area contributed by atoms with Crippen molar-refractivity contribution >= 4 is 65.6 Å². The summed E-state index contributed by atoms with van der Waals surface area (Å²) in [5.41, 5.74) is 9.16. The monoisotopic (exact) mass is 734 g/mol. The van der Waals surface area contributed by atoms with Gasteiger partial charge in [-0.25, -0.2) is 15.0 Å². The molecule has 6 nitrogen and oxygen atoms in total. The van der Waals surface area contributed by atoms with Gasteiger partial charge in [-0.3, -0.25) is 0 Å². The first-order valence-corrected chi connectivity index (χ1v) is 18.7. The van der Waals surface area contributed by atoms with Crippen molar-refractivity contribution in [2.75, 3.05) is 0 Å². The van der Waals surface area contributed by atoms with Gasteiger partial charge in [-0.15, -0.1) is 0 Å². The molecule has 0 fully saturated rings. The van der Waals surface area contributed by atoms with Gasteiger partial charge in [-0.1, -0.05) is 121 Å². The van der Waals surface area contributed by atoms with Crippen LogP contribution in [0.4, 0.5) is 0 Å². The fourth-order valence-corrected chi connectivity index (χ4v) is 8.30. The van der Waals surface area contributed by atoms with Gasteiger partial charge in [0, 0.05) is 60.4 Å². The van der Waals surface area contributed by atoms with Crippen molar-refractivity contribution in [2.24, 2.45) is 0 Å². The number of para-hydroxylation sites is 3. The van der Waals surface area contributed by atoms with E-state index in [-0.39, 0.29) is 29.3 Å². The Labute approximate surface area is 333 Å². The molecule has 8 aromatic carbocycles. The zero-order valence-electron chi connectivity index (χ0n) is 35.2. The SMILES string of the molecule is [2H]c1c([2H])c([2H])c(-c2nc(-c3ccccc3)nc(-c3ccc4c(c3)oc3ccc(-n5c6ccccc6c6cc7c(cc65)c5ccccc5n7-c5ccccc5)cc34)n2)c([2H])c1[2H]. The Morgan fingerprint density at radius 3 is 1.63 bits per heavy atom. The van der Waals surface area contributed by atoms with Gasteiger partial charge in [0.05, 0.1) is 28.9 Å². The van der Waals surface area contributed by atoms with Crippen molar-refractivity contribution in [1.29, 1.82) is 0 Å². The lowest BCUT2D eigenvalue weighted by molar-refractivity contribution is 0.669. The number of fused-ring (bicyclic) bond motifs is 9. The molecule has 0 aliphatic heterocycles. The van der Waals surface area contributed by atoms with E-state index in [1.807, 2.05) is 60.7 Å². The largest absolute Gasteiger partial charge is 0.456 e. The van der Waals surface area contributed by atoms with Crippen molar-refractivity contribution in [3.8, 4) is 45.5 Å². The van der Waals surface area contributed by atoms with Crippen molar-refractivity contribution < 1.29 is 11.3 Å². The molecular weight excluding hydrogens is 699 g/mol. The van der Waals surface area contributed by atoms with Gasteiger partial charge >= 0.3 is 0 Å². The quantitative estimate of drug-likeness (QED) is 0.177. The molecule has 0 radical (unpaired) electrons. The molecule has 4 heterocycles. The molecule has 57 heavy (non-hydrogen) atoms. The Morgan fingerprint density at radius 1 is 0.368 bits per heavy atom. The summed E-state index contributed by atoms with van der Waals surface area (Å²) < 4.78 is 53.2. The molecule has 4 aromatic heterocycles. The highest BCUT2D eigenvalue weighted by molar-refractivity contribution is 6.19. The van der Waals surface area contributed by atoms with Gasteiger partial charge in [0.1, 0.15) is 11.2 Å². The number of hydrogen-bond acceptors (Lipinski definition) is 4. The van der Waals surface area contributed by atoms with Gasteiger partial charge in [0.15, 0.2) is 17.5 Å². The minimum absolute atomic E-state index is 0.0201. The van der Waals surface area contributed by atoms with Gasteiger partial charge in [-0.05, 0) is 66.7 Å². The zero-order valence-corrected chi connectivity index (χ0v) is 30.2. The van der Waals surface area contributed by atoms with E-state index >= 15 is 0 Å². The van der Waals surface area contributed by atoms with Crippen molar-refractivity contribution in [1.82, 2.24) is 24.1 Å². The number of nitrogens with zero attached hydrogens (tertiary/aromatic N) is 5. The average molecular weight is 735 g/mol. The van der Waals surface area contributed by atoms with Crippen molar-refractivity contribution in [3.63, 3.8) is 0 Å². The fraction of sp³-hybridized carbons (Fsp3) is 0. The molecule has 0 aliphatic carbocycles. The third-order valence-electron chi connectivity index (χ3n) is 10.8. The van der Waals surface area contributed by atoms with Crippen LogP contribution in [-0.4, -0.2) is 24.1 Å². The summed E-state index contributed by atoms with van der Waals surface area (Å²) in [6, 6.07) is 51.5. The standard InChI is InChI=1S/C51H31N5O/c1-4-14-32(15-5-1)49-52-50(33-16-6-2-7-17-33)54-51(53-49)34-24-26-39-42-29-36(25-27-47(42)57-48(39)28-34)56-44-23-13-11-21-38(44)41-30-45-40(31-46(41)56)37-20-10-12-22-43(37)55(45)35-18-8-3-9-19-35/h1-31H/i1D,4D,5D,14D,15D. The van der Waals surface area contributed by atoms with Crippen LogP contribution in [0.5, 0.6) is 0 Å². The van der Waals surface area contributed by atoms with Crippen LogP contribution in [0.25, 0.3) is 111 Å². The van der Waals surface area contributed by atoms with E-state index in [0.717, 1.165) is 60.6 Å². The molecule has 6 heteroatoms. The number of hydrogen-bond donors (Lipinski definition) is 0. The van der Waals surface area contributed by atoms with E-state index in [1.165, 1.54) is 10.8 Å². The minimum atomic E-state index is -0.484. The highest BCUT2D eigenvalue weighted by Crippen LogP contribution is 2.41. The fourth-order valence-electron chi connectivity index (χ4n) is 8.30. The van der Waals surface area contributed by atoms with Crippen LogP contribution >= 0.6 is 0 Å². The molecular formula is C51H31N5O. The second-order valence-corrected chi connectivity index (χ2v) is 14.1. The summed E-state index contributed by atoms with van der Waals surface area (Å²) in [6.45, 7) is 0. The maximum absolute atomic E-state index is 8.66. The third-order valence-corrected chi connectivity index (χ3v) is 10.8. The van der Waals surface area contributed by atoms with E-state index in [1.54, 1.807) is 0 Å². The predicted octanol–water partition coefficient (Wildman–Crippen LogP) is 13.0. The van der Waals surface area contributed by atoms with E-state index in [4.69, 9.17) is 21.2 Å². The smallest absolute Gasteiger partial charge is 0.164 e. The maximum Gasteiger partial charge on any atom is 0.164 e. The predicted molar refractivity (Wildman–Crippen MR) is 232 cm³/mol. The Hall–Kier alpha value is -7.83. The van der Waals surface area contributed by atoms with E-state index in [0.29, 0.717) is 22.5 Å². The number of benzene rings is 8. The molecule has 0 N–H and O–H groups in total. The van der Waals surface area contributed by atoms with Crippen LogP contribution in [0.1, 0.15) is 6.85 Å². The average Bonchev–Trinajstić information content (AvgIpc) is 3.96. The van der Waals surface area contributed by atoms with Gasteiger partial charge in [-0.2, -0.15) is 0 Å². The van der Waals surface area contributed by atoms with Crippen LogP contribution in [-0.2, 0) is 0 Å². The molecule has 0 unspecified atom stereocenters. The second-order valence-electron chi connectivity index (χ2n) is 14.1. The minimum Gasteiger partial charge on any atom is -0.456 e. The summed E-state index contributed by atoms with van der Waals surface area (Å²) in [5, 5.41) is 6.52. The second kappa shape index (κ2) is 12.3. The molecule has 0 aliphatic rings. The highest BCUT2D eigenvalue weighted by atomic mass is 16.3. The summed E-state index contributed by atoms with van der Waals surface area (Å²) in [4.78, 5) is 14.2. The number of aromatic nitrogens is 5. The van der Waals surface area contributed by atoms with Crippen LogP contribution in [0, 0.1) is 0 Å². The molecule has 0 bridgehead atoms. The van der Waals surface area contributed by atoms with E-state index in [2.05, 4.69) is 111 Å². The summed E-state index contributed by atoms with van der Waals surface area (Å²) >= 11 is 0. The Balaban J connectivity index is 1.03. The Bertz CT molecular complexity index is 3790. The van der Waals surface area contributed by atoms with Crippen LogP contribution < -0.4 is 0 Å². The molecule has 0 spiro atoms. The lowest BCUT2D eigenvalue weighted by Crippen LogP contribution is -2.00. The third kappa shape index (κ3) is 4.94.